The van der Waals surface area contributed by atoms with Crippen molar-refractivity contribution in [3.63, 3.8) is 0 Å². The molecule has 30 heavy (non-hydrogen) atoms. The number of hydrogen-bond donors (Lipinski definition) is 2. The standard InChI is InChI=1S/C24H23N3O3/c1-15-7-9-19-21(11-15)27-22-13-18(29-3)8-10-20(22)23(19)26-17-6-4-5-16(12-17)14-30-24(28)25-2/h4-13H,14H2,1-3H3,(H,25,28)(H,26,27). The molecule has 0 unspecified atom stereocenters. The van der Waals surface area contributed by atoms with Crippen LogP contribution in [-0.2, 0) is 11.3 Å². The van der Waals surface area contributed by atoms with Crippen LogP contribution < -0.4 is 15.4 Å². The van der Waals surface area contributed by atoms with Crippen molar-refractivity contribution in [2.75, 3.05) is 19.5 Å². The second-order valence-corrected chi connectivity index (χ2v) is 7.04. The van der Waals surface area contributed by atoms with Crippen molar-refractivity contribution in [1.29, 1.82) is 0 Å². The second-order valence-electron chi connectivity index (χ2n) is 7.04. The van der Waals surface area contributed by atoms with Gasteiger partial charge in [0.25, 0.3) is 0 Å². The van der Waals surface area contributed by atoms with Crippen molar-refractivity contribution >= 4 is 39.3 Å². The Balaban J connectivity index is 1.78. The van der Waals surface area contributed by atoms with Crippen LogP contribution in [0.15, 0.2) is 60.7 Å². The van der Waals surface area contributed by atoms with Crippen LogP contribution in [0.5, 0.6) is 5.75 Å². The Hall–Kier alpha value is -3.80. The van der Waals surface area contributed by atoms with Gasteiger partial charge < -0.3 is 20.1 Å². The first-order valence-electron chi connectivity index (χ1n) is 9.66. The summed E-state index contributed by atoms with van der Waals surface area (Å²) < 4.78 is 10.5. The molecule has 1 heterocycles. The maximum atomic E-state index is 11.4. The quantitative estimate of drug-likeness (QED) is 0.444. The Labute approximate surface area is 174 Å². The molecule has 4 aromatic rings. The molecule has 0 atom stereocenters. The summed E-state index contributed by atoms with van der Waals surface area (Å²) in [5.41, 5.74) is 5.69. The molecule has 0 aliphatic heterocycles. The number of ether oxygens (including phenoxy) is 2. The van der Waals surface area contributed by atoms with Gasteiger partial charge in [-0.1, -0.05) is 24.3 Å². The number of nitrogens with one attached hydrogen (secondary N) is 2. The molecule has 1 aromatic heterocycles. The number of hydrogen-bond acceptors (Lipinski definition) is 5. The highest BCUT2D eigenvalue weighted by Crippen LogP contribution is 2.35. The van der Waals surface area contributed by atoms with E-state index in [9.17, 15) is 4.79 Å². The van der Waals surface area contributed by atoms with Crippen molar-refractivity contribution in [1.82, 2.24) is 10.3 Å². The number of carbonyl (C=O) groups excluding carboxylic acids is 1. The number of aromatic nitrogens is 1. The first-order chi connectivity index (χ1) is 14.6. The Morgan fingerprint density at radius 2 is 1.77 bits per heavy atom. The predicted octanol–water partition coefficient (Wildman–Crippen LogP) is 5.30. The lowest BCUT2D eigenvalue weighted by molar-refractivity contribution is 0.142. The lowest BCUT2D eigenvalue weighted by atomic mass is 10.1. The molecule has 0 saturated carbocycles. The third kappa shape index (κ3) is 3.98. The van der Waals surface area contributed by atoms with E-state index in [1.165, 1.54) is 7.05 Å². The molecule has 4 rings (SSSR count). The SMILES string of the molecule is CNC(=O)OCc1cccc(Nc2c3ccc(C)cc3nc3cc(OC)ccc23)c1. The summed E-state index contributed by atoms with van der Waals surface area (Å²) in [4.78, 5) is 16.2. The smallest absolute Gasteiger partial charge is 0.407 e. The third-order valence-corrected chi connectivity index (χ3v) is 4.91. The first-order valence-corrected chi connectivity index (χ1v) is 9.66. The van der Waals surface area contributed by atoms with Crippen LogP contribution in [-0.4, -0.2) is 25.2 Å². The van der Waals surface area contributed by atoms with Crippen molar-refractivity contribution in [3.8, 4) is 5.75 Å². The minimum Gasteiger partial charge on any atom is -0.497 e. The number of benzene rings is 3. The van der Waals surface area contributed by atoms with Gasteiger partial charge in [-0.15, -0.1) is 0 Å². The zero-order valence-electron chi connectivity index (χ0n) is 17.2. The van der Waals surface area contributed by atoms with Gasteiger partial charge >= 0.3 is 6.09 Å². The number of fused-ring (bicyclic) bond motifs is 2. The van der Waals surface area contributed by atoms with E-state index in [1.807, 2.05) is 42.5 Å². The van der Waals surface area contributed by atoms with Gasteiger partial charge in [-0.2, -0.15) is 0 Å². The summed E-state index contributed by atoms with van der Waals surface area (Å²) in [5, 5.41) is 8.03. The molecule has 152 valence electrons. The highest BCUT2D eigenvalue weighted by molar-refractivity contribution is 6.09. The van der Waals surface area contributed by atoms with Crippen molar-refractivity contribution in [2.45, 2.75) is 13.5 Å². The molecule has 1 amide bonds. The molecule has 0 spiro atoms. The van der Waals surface area contributed by atoms with Gasteiger partial charge in [0.1, 0.15) is 12.4 Å². The van der Waals surface area contributed by atoms with Gasteiger partial charge in [-0.25, -0.2) is 9.78 Å². The van der Waals surface area contributed by atoms with Crippen LogP contribution in [0, 0.1) is 6.92 Å². The summed E-state index contributed by atoms with van der Waals surface area (Å²) in [6.07, 6.45) is -0.455. The Morgan fingerprint density at radius 1 is 1.00 bits per heavy atom. The second kappa shape index (κ2) is 8.29. The number of alkyl carbamates (subject to hydrolysis) is 1. The van der Waals surface area contributed by atoms with E-state index in [4.69, 9.17) is 14.5 Å². The average Bonchev–Trinajstić information content (AvgIpc) is 2.76. The van der Waals surface area contributed by atoms with E-state index in [2.05, 4.69) is 35.8 Å². The summed E-state index contributed by atoms with van der Waals surface area (Å²) in [6.45, 7) is 2.25. The molecule has 2 N–H and O–H groups in total. The number of amides is 1. The molecule has 0 saturated heterocycles. The van der Waals surface area contributed by atoms with Crippen LogP contribution in [0.1, 0.15) is 11.1 Å². The molecular weight excluding hydrogens is 378 g/mol. The number of carbonyl (C=O) groups is 1. The Kier molecular flexibility index (Phi) is 5.39. The molecule has 3 aromatic carbocycles. The van der Waals surface area contributed by atoms with E-state index in [-0.39, 0.29) is 6.61 Å². The predicted molar refractivity (Wildman–Crippen MR) is 120 cm³/mol. The molecule has 0 bridgehead atoms. The van der Waals surface area contributed by atoms with Gasteiger partial charge in [0.15, 0.2) is 0 Å². The molecule has 0 radical (unpaired) electrons. The summed E-state index contributed by atoms with van der Waals surface area (Å²) in [6, 6.07) is 19.9. The summed E-state index contributed by atoms with van der Waals surface area (Å²) in [7, 11) is 3.19. The summed E-state index contributed by atoms with van der Waals surface area (Å²) in [5.74, 6) is 0.765. The monoisotopic (exact) mass is 401 g/mol. The number of anilines is 2. The average molecular weight is 401 g/mol. The van der Waals surface area contributed by atoms with Crippen LogP contribution in [0.25, 0.3) is 21.8 Å². The Bertz CT molecular complexity index is 1240. The van der Waals surface area contributed by atoms with Crippen LogP contribution in [0.3, 0.4) is 0 Å². The van der Waals surface area contributed by atoms with Gasteiger partial charge in [-0.3, -0.25) is 0 Å². The third-order valence-electron chi connectivity index (χ3n) is 4.91. The zero-order chi connectivity index (χ0) is 21.1. The molecule has 6 heteroatoms. The lowest BCUT2D eigenvalue weighted by Gasteiger charge is -2.15. The first kappa shape index (κ1) is 19.5. The van der Waals surface area contributed by atoms with E-state index in [0.717, 1.165) is 50.1 Å². The minimum atomic E-state index is -0.455. The highest BCUT2D eigenvalue weighted by Gasteiger charge is 2.11. The number of nitrogens with zero attached hydrogens (tertiary/aromatic N) is 1. The topological polar surface area (TPSA) is 72.5 Å². The number of rotatable bonds is 5. The molecule has 0 fully saturated rings. The van der Waals surface area contributed by atoms with E-state index in [1.54, 1.807) is 7.11 Å². The van der Waals surface area contributed by atoms with E-state index in [0.29, 0.717) is 0 Å². The maximum absolute atomic E-state index is 11.4. The molecule has 6 nitrogen and oxygen atoms in total. The molecule has 0 aliphatic carbocycles. The highest BCUT2D eigenvalue weighted by atomic mass is 16.5. The van der Waals surface area contributed by atoms with Crippen molar-refractivity contribution in [3.05, 3.63) is 71.8 Å². The molecular formula is C24H23N3O3. The molecule has 0 aliphatic rings. The van der Waals surface area contributed by atoms with Crippen molar-refractivity contribution in [2.24, 2.45) is 0 Å². The van der Waals surface area contributed by atoms with Gasteiger partial charge in [0, 0.05) is 29.6 Å². The van der Waals surface area contributed by atoms with Gasteiger partial charge in [-0.05, 0) is 48.4 Å². The largest absolute Gasteiger partial charge is 0.497 e. The van der Waals surface area contributed by atoms with Crippen LogP contribution in [0.4, 0.5) is 16.2 Å². The lowest BCUT2D eigenvalue weighted by Crippen LogP contribution is -2.18. The fourth-order valence-corrected chi connectivity index (χ4v) is 3.40. The Morgan fingerprint density at radius 3 is 2.53 bits per heavy atom. The summed E-state index contributed by atoms with van der Waals surface area (Å²) >= 11 is 0. The fourth-order valence-electron chi connectivity index (χ4n) is 3.40. The zero-order valence-corrected chi connectivity index (χ0v) is 17.2. The normalized spacial score (nSPS) is 10.8. The van der Waals surface area contributed by atoms with Crippen LogP contribution >= 0.6 is 0 Å². The van der Waals surface area contributed by atoms with Gasteiger partial charge in [0.05, 0.1) is 23.8 Å². The number of methoxy groups -OCH3 is 1. The van der Waals surface area contributed by atoms with Crippen LogP contribution in [0.2, 0.25) is 0 Å². The minimum absolute atomic E-state index is 0.198. The van der Waals surface area contributed by atoms with E-state index < -0.39 is 6.09 Å². The van der Waals surface area contributed by atoms with Crippen molar-refractivity contribution < 1.29 is 14.3 Å². The maximum Gasteiger partial charge on any atom is 0.407 e. The van der Waals surface area contributed by atoms with E-state index >= 15 is 0 Å². The number of aryl methyl sites for hydroxylation is 1. The van der Waals surface area contributed by atoms with Gasteiger partial charge in [0.2, 0.25) is 0 Å². The number of pyridine rings is 1. The fraction of sp³-hybridized carbons (Fsp3) is 0.167.